The first kappa shape index (κ1) is 9.03. The van der Waals surface area contributed by atoms with Crippen LogP contribution >= 0.6 is 0 Å². The summed E-state index contributed by atoms with van der Waals surface area (Å²) in [6.07, 6.45) is 1.23. The van der Waals surface area contributed by atoms with Crippen molar-refractivity contribution in [1.29, 1.82) is 0 Å². The fourth-order valence-electron chi connectivity index (χ4n) is 1.24. The van der Waals surface area contributed by atoms with Gasteiger partial charge in [-0.3, -0.25) is 9.59 Å². The van der Waals surface area contributed by atoms with E-state index in [-0.39, 0.29) is 17.4 Å². The molecule has 0 bridgehead atoms. The smallest absolute Gasteiger partial charge is 0.302 e. The fraction of sp³-hybridized carbons (Fsp3) is 0.750. The Morgan fingerprint density at radius 3 is 2.75 bits per heavy atom. The number of carbonyl (C=O) groups is 2. The number of amides is 1. The minimum atomic E-state index is -0.274. The first-order chi connectivity index (χ1) is 5.52. The van der Waals surface area contributed by atoms with E-state index in [1.54, 1.807) is 0 Å². The second kappa shape index (κ2) is 3.13. The maximum Gasteiger partial charge on any atom is 0.302 e. The largest absolute Gasteiger partial charge is 0.466 e. The fourth-order valence-corrected chi connectivity index (χ4v) is 1.24. The average molecular weight is 171 g/mol. The van der Waals surface area contributed by atoms with Crippen molar-refractivity contribution in [2.75, 3.05) is 6.61 Å². The third kappa shape index (κ3) is 2.22. The van der Waals surface area contributed by atoms with Crippen molar-refractivity contribution in [2.24, 2.45) is 0 Å². The van der Waals surface area contributed by atoms with Crippen LogP contribution in [0.15, 0.2) is 0 Å². The highest BCUT2D eigenvalue weighted by atomic mass is 16.5. The number of rotatable bonds is 3. The van der Waals surface area contributed by atoms with E-state index >= 15 is 0 Å². The van der Waals surface area contributed by atoms with Crippen LogP contribution in [0, 0.1) is 0 Å². The van der Waals surface area contributed by atoms with Crippen molar-refractivity contribution in [3.05, 3.63) is 0 Å². The molecule has 0 unspecified atom stereocenters. The van der Waals surface area contributed by atoms with Crippen LogP contribution in [0.2, 0.25) is 0 Å². The van der Waals surface area contributed by atoms with Gasteiger partial charge in [0.2, 0.25) is 5.91 Å². The van der Waals surface area contributed by atoms with Crippen LogP contribution in [0.4, 0.5) is 0 Å². The number of nitrogens with one attached hydrogen (secondary N) is 1. The summed E-state index contributed by atoms with van der Waals surface area (Å²) in [6, 6.07) is 0. The molecule has 1 heterocycles. The molecule has 0 radical (unpaired) electrons. The van der Waals surface area contributed by atoms with Crippen molar-refractivity contribution in [2.45, 2.75) is 32.2 Å². The van der Waals surface area contributed by atoms with E-state index in [4.69, 9.17) is 4.74 Å². The third-order valence-electron chi connectivity index (χ3n) is 1.95. The summed E-state index contributed by atoms with van der Waals surface area (Å²) in [6.45, 7) is 3.70. The van der Waals surface area contributed by atoms with Gasteiger partial charge in [-0.15, -0.1) is 0 Å². The number of β-lactam (4-membered cyclic amide) rings is 1. The topological polar surface area (TPSA) is 55.4 Å². The molecule has 1 atom stereocenters. The molecule has 1 fully saturated rings. The van der Waals surface area contributed by atoms with Gasteiger partial charge in [0, 0.05) is 25.3 Å². The minimum absolute atomic E-state index is 0.0697. The van der Waals surface area contributed by atoms with Gasteiger partial charge in [0.15, 0.2) is 0 Å². The molecule has 1 aliphatic rings. The van der Waals surface area contributed by atoms with Crippen LogP contribution in [0.25, 0.3) is 0 Å². The van der Waals surface area contributed by atoms with E-state index in [0.717, 1.165) is 0 Å². The quantitative estimate of drug-likeness (QED) is 0.488. The van der Waals surface area contributed by atoms with E-state index in [9.17, 15) is 9.59 Å². The second-order valence-corrected chi connectivity index (χ2v) is 3.38. The molecule has 0 aromatic carbocycles. The van der Waals surface area contributed by atoms with Gasteiger partial charge in [0.05, 0.1) is 6.61 Å². The molecule has 0 aromatic rings. The maximum absolute atomic E-state index is 10.6. The van der Waals surface area contributed by atoms with Crippen LogP contribution in [-0.4, -0.2) is 24.0 Å². The summed E-state index contributed by atoms with van der Waals surface area (Å²) in [5, 5.41) is 2.76. The number of esters is 1. The zero-order valence-corrected chi connectivity index (χ0v) is 7.35. The van der Waals surface area contributed by atoms with Crippen molar-refractivity contribution >= 4 is 11.9 Å². The van der Waals surface area contributed by atoms with Gasteiger partial charge in [-0.25, -0.2) is 0 Å². The standard InChI is InChI=1S/C8H13NO3/c1-6(10)12-4-3-8(2)5-7(11)9-8/h3-5H2,1-2H3,(H,9,11)/t8-/m0/s1. The third-order valence-corrected chi connectivity index (χ3v) is 1.95. The number of ether oxygens (including phenoxy) is 1. The summed E-state index contributed by atoms with van der Waals surface area (Å²) in [5.74, 6) is -0.204. The maximum atomic E-state index is 10.6. The van der Waals surface area contributed by atoms with Gasteiger partial charge < -0.3 is 10.1 Å². The number of hydrogen-bond donors (Lipinski definition) is 1. The summed E-state index contributed by atoms with van der Waals surface area (Å²) in [5.41, 5.74) is -0.146. The van der Waals surface area contributed by atoms with Gasteiger partial charge >= 0.3 is 5.97 Å². The number of carbonyl (C=O) groups excluding carboxylic acids is 2. The molecule has 1 rings (SSSR count). The van der Waals surface area contributed by atoms with Crippen LogP contribution in [-0.2, 0) is 14.3 Å². The Labute approximate surface area is 71.3 Å². The molecule has 1 saturated heterocycles. The zero-order valence-electron chi connectivity index (χ0n) is 7.35. The number of hydrogen-bond acceptors (Lipinski definition) is 3. The van der Waals surface area contributed by atoms with E-state index in [2.05, 4.69) is 5.32 Å². The molecule has 0 aromatic heterocycles. The second-order valence-electron chi connectivity index (χ2n) is 3.38. The molecule has 1 aliphatic heterocycles. The lowest BCUT2D eigenvalue weighted by Crippen LogP contribution is -2.59. The summed E-state index contributed by atoms with van der Waals surface area (Å²) < 4.78 is 4.76. The molecular weight excluding hydrogens is 158 g/mol. The van der Waals surface area contributed by atoms with Crippen LogP contribution < -0.4 is 5.32 Å². The highest BCUT2D eigenvalue weighted by Gasteiger charge is 2.37. The van der Waals surface area contributed by atoms with Crippen molar-refractivity contribution in [3.63, 3.8) is 0 Å². The molecule has 4 heteroatoms. The molecular formula is C8H13NO3. The van der Waals surface area contributed by atoms with Crippen molar-refractivity contribution < 1.29 is 14.3 Å². The van der Waals surface area contributed by atoms with E-state index in [0.29, 0.717) is 19.4 Å². The molecule has 0 spiro atoms. The molecule has 12 heavy (non-hydrogen) atoms. The lowest BCUT2D eigenvalue weighted by molar-refractivity contribution is -0.142. The molecule has 1 amide bonds. The predicted molar refractivity (Wildman–Crippen MR) is 42.4 cm³/mol. The Morgan fingerprint density at radius 2 is 2.33 bits per heavy atom. The van der Waals surface area contributed by atoms with E-state index in [1.807, 2.05) is 6.92 Å². The van der Waals surface area contributed by atoms with Gasteiger partial charge in [-0.05, 0) is 6.92 Å². The van der Waals surface area contributed by atoms with Crippen LogP contribution in [0.5, 0.6) is 0 Å². The molecule has 68 valence electrons. The first-order valence-electron chi connectivity index (χ1n) is 3.96. The van der Waals surface area contributed by atoms with Gasteiger partial charge in [0.25, 0.3) is 0 Å². The summed E-state index contributed by atoms with van der Waals surface area (Å²) >= 11 is 0. The van der Waals surface area contributed by atoms with Crippen LogP contribution in [0.3, 0.4) is 0 Å². The van der Waals surface area contributed by atoms with Crippen molar-refractivity contribution in [1.82, 2.24) is 5.32 Å². The first-order valence-corrected chi connectivity index (χ1v) is 3.96. The van der Waals surface area contributed by atoms with Crippen LogP contribution in [0.1, 0.15) is 26.7 Å². The highest BCUT2D eigenvalue weighted by molar-refractivity contribution is 5.84. The molecule has 1 N–H and O–H groups in total. The van der Waals surface area contributed by atoms with Gasteiger partial charge in [-0.2, -0.15) is 0 Å². The predicted octanol–water partition coefficient (Wildman–Crippen LogP) is 0.218. The Kier molecular flexibility index (Phi) is 2.35. The van der Waals surface area contributed by atoms with Gasteiger partial charge in [-0.1, -0.05) is 0 Å². The Morgan fingerprint density at radius 1 is 1.75 bits per heavy atom. The summed E-state index contributed by atoms with van der Waals surface area (Å²) in [7, 11) is 0. The van der Waals surface area contributed by atoms with Gasteiger partial charge in [0.1, 0.15) is 0 Å². The molecule has 0 aliphatic carbocycles. The lowest BCUT2D eigenvalue weighted by Gasteiger charge is -2.38. The monoisotopic (exact) mass is 171 g/mol. The Balaban J connectivity index is 2.15. The zero-order chi connectivity index (χ0) is 9.19. The Hall–Kier alpha value is -1.06. The molecule has 0 saturated carbocycles. The molecule has 4 nitrogen and oxygen atoms in total. The summed E-state index contributed by atoms with van der Waals surface area (Å²) in [4.78, 5) is 21.0. The van der Waals surface area contributed by atoms with E-state index < -0.39 is 0 Å². The lowest BCUT2D eigenvalue weighted by atomic mass is 9.86. The highest BCUT2D eigenvalue weighted by Crippen LogP contribution is 2.22. The Bertz CT molecular complexity index is 204. The normalized spacial score (nSPS) is 27.3. The van der Waals surface area contributed by atoms with E-state index in [1.165, 1.54) is 6.92 Å². The average Bonchev–Trinajstić information content (AvgIpc) is 1.83. The SMILES string of the molecule is CC(=O)OCC[C@@]1(C)CC(=O)N1. The minimum Gasteiger partial charge on any atom is -0.466 e. The van der Waals surface area contributed by atoms with Crippen molar-refractivity contribution in [3.8, 4) is 0 Å².